The Kier molecular flexibility index (Phi) is 5.65. The van der Waals surface area contributed by atoms with Gasteiger partial charge >= 0.3 is 6.03 Å². The first kappa shape index (κ1) is 19.8. The predicted octanol–water partition coefficient (Wildman–Crippen LogP) is 2.02. The monoisotopic (exact) mass is 382 g/mol. The number of fused-ring (bicyclic) bond motifs is 1. The van der Waals surface area contributed by atoms with Crippen LogP contribution in [-0.2, 0) is 15.1 Å². The van der Waals surface area contributed by atoms with Gasteiger partial charge in [0.2, 0.25) is 5.91 Å². The van der Waals surface area contributed by atoms with Crippen LogP contribution in [0.5, 0.6) is 0 Å². The Bertz CT molecular complexity index is 913. The molecule has 0 aliphatic carbocycles. The minimum Gasteiger partial charge on any atom is -0.355 e. The molecule has 7 heteroatoms. The van der Waals surface area contributed by atoms with Crippen LogP contribution in [0.1, 0.15) is 25.8 Å². The molecule has 2 aromatic rings. The van der Waals surface area contributed by atoms with Crippen molar-refractivity contribution in [3.63, 3.8) is 0 Å². The van der Waals surface area contributed by atoms with Gasteiger partial charge in [-0.2, -0.15) is 0 Å². The average Bonchev–Trinajstić information content (AvgIpc) is 2.90. The molecule has 3 rings (SSSR count). The molecule has 2 aromatic carbocycles. The summed E-state index contributed by atoms with van der Waals surface area (Å²) < 4.78 is 0. The first-order chi connectivity index (χ1) is 13.3. The summed E-state index contributed by atoms with van der Waals surface area (Å²) >= 11 is 0. The van der Waals surface area contributed by atoms with Gasteiger partial charge in [0.1, 0.15) is 5.54 Å². The summed E-state index contributed by atoms with van der Waals surface area (Å²) in [4.78, 5) is 40.2. The summed E-state index contributed by atoms with van der Waals surface area (Å²) in [5.74, 6) is -0.456. The lowest BCUT2D eigenvalue weighted by Crippen LogP contribution is -2.45. The van der Waals surface area contributed by atoms with Crippen molar-refractivity contribution in [1.29, 1.82) is 0 Å². The van der Waals surface area contributed by atoms with Crippen LogP contribution >= 0.6 is 0 Å². The molecule has 148 valence electrons. The Labute approximate surface area is 164 Å². The number of benzene rings is 2. The van der Waals surface area contributed by atoms with Gasteiger partial charge in [0.05, 0.1) is 13.2 Å². The van der Waals surface area contributed by atoms with Crippen molar-refractivity contribution in [1.82, 2.24) is 20.4 Å². The van der Waals surface area contributed by atoms with E-state index in [2.05, 4.69) is 10.6 Å². The van der Waals surface area contributed by atoms with Gasteiger partial charge in [-0.15, -0.1) is 0 Å². The summed E-state index contributed by atoms with van der Waals surface area (Å²) in [5, 5.41) is 7.68. The fourth-order valence-electron chi connectivity index (χ4n) is 3.38. The average molecular weight is 382 g/mol. The van der Waals surface area contributed by atoms with Crippen LogP contribution in [0.25, 0.3) is 10.8 Å². The molecule has 1 aliphatic rings. The van der Waals surface area contributed by atoms with Crippen molar-refractivity contribution in [2.24, 2.45) is 0 Å². The van der Waals surface area contributed by atoms with Gasteiger partial charge in [0.15, 0.2) is 0 Å². The molecule has 0 saturated carbocycles. The summed E-state index contributed by atoms with van der Waals surface area (Å²) in [5.41, 5.74) is -0.401. The summed E-state index contributed by atoms with van der Waals surface area (Å²) in [6.45, 7) is 4.46. The van der Waals surface area contributed by atoms with Crippen LogP contribution in [0, 0.1) is 0 Å². The topological polar surface area (TPSA) is 81.8 Å². The second-order valence-electron chi connectivity index (χ2n) is 7.36. The lowest BCUT2D eigenvalue weighted by Gasteiger charge is -2.24. The van der Waals surface area contributed by atoms with E-state index < -0.39 is 11.6 Å². The fourth-order valence-corrected chi connectivity index (χ4v) is 3.38. The van der Waals surface area contributed by atoms with Gasteiger partial charge in [-0.05, 0) is 42.8 Å². The van der Waals surface area contributed by atoms with Crippen LogP contribution in [0.2, 0.25) is 0 Å². The van der Waals surface area contributed by atoms with E-state index in [1.165, 1.54) is 0 Å². The minimum atomic E-state index is -1.13. The molecule has 0 radical (unpaired) electrons. The zero-order valence-corrected chi connectivity index (χ0v) is 16.5. The molecule has 4 amide bonds. The maximum atomic E-state index is 13.1. The maximum absolute atomic E-state index is 13.1. The summed E-state index contributed by atoms with van der Waals surface area (Å²) in [7, 11) is 1.71. The fraction of sp³-hybridized carbons (Fsp3) is 0.381. The van der Waals surface area contributed by atoms with E-state index in [1.807, 2.05) is 49.4 Å². The van der Waals surface area contributed by atoms with Gasteiger partial charge in [0.25, 0.3) is 5.91 Å². The van der Waals surface area contributed by atoms with E-state index in [1.54, 1.807) is 18.9 Å². The Hall–Kier alpha value is -2.93. The Balaban J connectivity index is 1.75. The van der Waals surface area contributed by atoms with Gasteiger partial charge in [-0.1, -0.05) is 43.3 Å². The largest absolute Gasteiger partial charge is 0.355 e. The highest BCUT2D eigenvalue weighted by Crippen LogP contribution is 2.31. The molecular weight excluding hydrogens is 356 g/mol. The minimum absolute atomic E-state index is 0.0490. The maximum Gasteiger partial charge on any atom is 0.326 e. The third-order valence-corrected chi connectivity index (χ3v) is 4.97. The number of nitrogens with zero attached hydrogens (tertiary/aromatic N) is 2. The van der Waals surface area contributed by atoms with Crippen molar-refractivity contribution in [3.05, 3.63) is 48.0 Å². The molecule has 0 aromatic heterocycles. The van der Waals surface area contributed by atoms with E-state index in [0.29, 0.717) is 6.54 Å². The van der Waals surface area contributed by atoms with Crippen molar-refractivity contribution in [2.45, 2.75) is 25.8 Å². The predicted molar refractivity (Wildman–Crippen MR) is 107 cm³/mol. The second kappa shape index (κ2) is 7.98. The molecule has 1 saturated heterocycles. The van der Waals surface area contributed by atoms with Gasteiger partial charge in [-0.3, -0.25) is 14.5 Å². The molecule has 1 heterocycles. The highest BCUT2D eigenvalue weighted by Gasteiger charge is 2.49. The number of nitrogens with one attached hydrogen (secondary N) is 2. The lowest BCUT2D eigenvalue weighted by atomic mass is 9.90. The van der Waals surface area contributed by atoms with Crippen molar-refractivity contribution < 1.29 is 14.4 Å². The van der Waals surface area contributed by atoms with Crippen molar-refractivity contribution >= 4 is 28.6 Å². The molecule has 2 N–H and O–H groups in total. The smallest absolute Gasteiger partial charge is 0.326 e. The van der Waals surface area contributed by atoms with E-state index in [9.17, 15) is 14.4 Å². The molecular formula is C21H26N4O3. The number of hydrogen-bond donors (Lipinski definition) is 2. The Morgan fingerprint density at radius 3 is 2.61 bits per heavy atom. The summed E-state index contributed by atoms with van der Waals surface area (Å²) in [6.07, 6.45) is 0.854. The number of hydrogen-bond acceptors (Lipinski definition) is 4. The Morgan fingerprint density at radius 1 is 1.18 bits per heavy atom. The van der Waals surface area contributed by atoms with Crippen LogP contribution in [0.3, 0.4) is 0 Å². The third kappa shape index (κ3) is 3.84. The molecule has 28 heavy (non-hydrogen) atoms. The summed E-state index contributed by atoms with van der Waals surface area (Å²) in [6, 6.07) is 13.2. The van der Waals surface area contributed by atoms with E-state index in [4.69, 9.17) is 0 Å². The lowest BCUT2D eigenvalue weighted by molar-refractivity contribution is -0.133. The highest BCUT2D eigenvalue weighted by atomic mass is 16.2. The standard InChI is InChI=1S/C21H26N4O3/c1-4-11-22-18(26)13-24(3)14-25-19(27)21(2,23-20(25)28)17-10-9-15-7-5-6-8-16(15)12-17/h5-10,12H,4,11,13-14H2,1-3H3,(H,22,26)(H,23,28)/t21-/m0/s1. The van der Waals surface area contributed by atoms with Gasteiger partial charge in [-0.25, -0.2) is 9.69 Å². The molecule has 0 bridgehead atoms. The number of rotatable bonds is 7. The molecule has 1 fully saturated rings. The molecule has 1 atom stereocenters. The van der Waals surface area contributed by atoms with Crippen molar-refractivity contribution in [2.75, 3.05) is 26.8 Å². The SMILES string of the molecule is CCCNC(=O)CN(C)CN1C(=O)N[C@@](C)(c2ccc3ccccc3c2)C1=O. The first-order valence-electron chi connectivity index (χ1n) is 9.44. The quantitative estimate of drug-likeness (QED) is 0.718. The van der Waals surface area contributed by atoms with Crippen LogP contribution in [0.4, 0.5) is 4.79 Å². The number of carbonyl (C=O) groups excluding carboxylic acids is 3. The van der Waals surface area contributed by atoms with Crippen LogP contribution in [0.15, 0.2) is 42.5 Å². The zero-order chi connectivity index (χ0) is 20.3. The number of urea groups is 1. The second-order valence-corrected chi connectivity index (χ2v) is 7.36. The number of carbonyl (C=O) groups is 3. The van der Waals surface area contributed by atoms with Crippen molar-refractivity contribution in [3.8, 4) is 0 Å². The zero-order valence-electron chi connectivity index (χ0n) is 16.5. The molecule has 7 nitrogen and oxygen atoms in total. The number of likely N-dealkylation sites (N-methyl/N-ethyl adjacent to an activating group) is 1. The molecule has 0 unspecified atom stereocenters. The van der Waals surface area contributed by atoms with Crippen LogP contribution < -0.4 is 10.6 Å². The normalized spacial score (nSPS) is 19.4. The number of imide groups is 1. The highest BCUT2D eigenvalue weighted by molar-refractivity contribution is 6.07. The Morgan fingerprint density at radius 2 is 1.89 bits per heavy atom. The van der Waals surface area contributed by atoms with E-state index >= 15 is 0 Å². The first-order valence-corrected chi connectivity index (χ1v) is 9.44. The molecule has 0 spiro atoms. The van der Waals surface area contributed by atoms with E-state index in [0.717, 1.165) is 27.7 Å². The number of amides is 4. The van der Waals surface area contributed by atoms with Gasteiger partial charge < -0.3 is 10.6 Å². The van der Waals surface area contributed by atoms with E-state index in [-0.39, 0.29) is 25.0 Å². The third-order valence-electron chi connectivity index (χ3n) is 4.97. The molecule has 1 aliphatic heterocycles. The van der Waals surface area contributed by atoms with Gasteiger partial charge in [0, 0.05) is 6.54 Å². The van der Waals surface area contributed by atoms with Crippen LogP contribution in [-0.4, -0.2) is 54.5 Å².